The maximum Gasteiger partial charge on any atom is 0.276 e. The molecular formula is C24H23F2N7OS. The first-order valence-corrected chi connectivity index (χ1v) is 11.7. The molecule has 0 bridgehead atoms. The number of fused-ring (bicyclic) bond motifs is 2. The van der Waals surface area contributed by atoms with Crippen molar-refractivity contribution in [2.45, 2.75) is 12.5 Å². The second-order valence-electron chi connectivity index (χ2n) is 8.41. The largest absolute Gasteiger partial charge is 0.482 e. The number of ether oxygens (including phenoxy) is 1. The van der Waals surface area contributed by atoms with Crippen LogP contribution in [0.1, 0.15) is 0 Å². The fourth-order valence-electron chi connectivity index (χ4n) is 3.84. The van der Waals surface area contributed by atoms with Gasteiger partial charge in [0.25, 0.3) is 6.43 Å². The predicted molar refractivity (Wildman–Crippen MR) is 134 cm³/mol. The number of hydrogen-bond acceptors (Lipinski definition) is 8. The first-order chi connectivity index (χ1) is 16.9. The minimum Gasteiger partial charge on any atom is -0.482 e. The van der Waals surface area contributed by atoms with E-state index in [1.165, 1.54) is 17.7 Å². The predicted octanol–water partition coefficient (Wildman–Crippen LogP) is 4.96. The van der Waals surface area contributed by atoms with Crippen molar-refractivity contribution in [1.82, 2.24) is 29.6 Å². The Bertz CT molecular complexity index is 1480. The highest BCUT2D eigenvalue weighted by molar-refractivity contribution is 7.16. The number of halogens is 2. The maximum atomic E-state index is 13.9. The molecule has 0 radical (unpaired) electrons. The van der Waals surface area contributed by atoms with Crippen LogP contribution in [0.2, 0.25) is 0 Å². The van der Waals surface area contributed by atoms with Gasteiger partial charge in [0.1, 0.15) is 17.9 Å². The number of rotatable bonds is 8. The van der Waals surface area contributed by atoms with Crippen molar-refractivity contribution in [3.05, 3.63) is 54.6 Å². The zero-order valence-corrected chi connectivity index (χ0v) is 20.1. The third kappa shape index (κ3) is 4.91. The molecule has 0 saturated carbocycles. The van der Waals surface area contributed by atoms with Gasteiger partial charge < -0.3 is 15.0 Å². The molecule has 0 fully saturated rings. The first-order valence-electron chi connectivity index (χ1n) is 10.8. The van der Waals surface area contributed by atoms with E-state index in [4.69, 9.17) is 4.74 Å². The average molecular weight is 496 g/mol. The van der Waals surface area contributed by atoms with E-state index >= 15 is 0 Å². The Labute approximate surface area is 204 Å². The molecule has 3 aromatic heterocycles. The van der Waals surface area contributed by atoms with Gasteiger partial charge in [-0.1, -0.05) is 0 Å². The van der Waals surface area contributed by atoms with E-state index in [2.05, 4.69) is 25.4 Å². The molecule has 1 N–H and O–H groups in total. The van der Waals surface area contributed by atoms with Crippen molar-refractivity contribution in [2.75, 3.05) is 26.0 Å². The summed E-state index contributed by atoms with van der Waals surface area (Å²) in [5.74, 6) is 0.736. The first kappa shape index (κ1) is 23.1. The number of aryl methyl sites for hydroxylation is 1. The Balaban J connectivity index is 1.63. The summed E-state index contributed by atoms with van der Waals surface area (Å²) in [6.45, 7) is 0.0504. The normalized spacial score (nSPS) is 12.7. The van der Waals surface area contributed by atoms with Crippen LogP contribution in [0, 0.1) is 0 Å². The van der Waals surface area contributed by atoms with Gasteiger partial charge >= 0.3 is 0 Å². The summed E-state index contributed by atoms with van der Waals surface area (Å²) in [6, 6.07) is 9.40. The summed E-state index contributed by atoms with van der Waals surface area (Å²) in [5, 5.41) is 8.06. The molecule has 0 unspecified atom stereocenters. The molecule has 11 heteroatoms. The molecule has 2 aromatic carbocycles. The highest BCUT2D eigenvalue weighted by atomic mass is 32.1. The van der Waals surface area contributed by atoms with Crippen LogP contribution in [0.15, 0.2) is 54.6 Å². The molecule has 0 amide bonds. The van der Waals surface area contributed by atoms with Crippen molar-refractivity contribution >= 4 is 44.0 Å². The summed E-state index contributed by atoms with van der Waals surface area (Å²) in [6.07, 6.45) is 0.986. The molecule has 8 nitrogen and oxygen atoms in total. The van der Waals surface area contributed by atoms with E-state index < -0.39 is 12.5 Å². The Morgan fingerprint density at radius 3 is 2.69 bits per heavy atom. The third-order valence-electron chi connectivity index (χ3n) is 5.44. The molecule has 3 heterocycles. The molecule has 1 atom stereocenters. The molecule has 5 aromatic rings. The average Bonchev–Trinajstić information content (AvgIpc) is 3.46. The van der Waals surface area contributed by atoms with E-state index in [9.17, 15) is 8.78 Å². The lowest BCUT2D eigenvalue weighted by molar-refractivity contribution is -0.000201. The van der Waals surface area contributed by atoms with Crippen LogP contribution >= 0.6 is 11.3 Å². The Kier molecular flexibility index (Phi) is 6.27. The number of nitrogens with one attached hydrogen (secondary N) is 1. The van der Waals surface area contributed by atoms with Crippen molar-refractivity contribution < 1.29 is 13.5 Å². The molecule has 5 rings (SSSR count). The fraction of sp³-hybridized carbons (Fsp3) is 0.250. The van der Waals surface area contributed by atoms with E-state index in [1.54, 1.807) is 41.5 Å². The Hall–Kier alpha value is -3.70. The zero-order chi connectivity index (χ0) is 24.5. The van der Waals surface area contributed by atoms with E-state index in [0.29, 0.717) is 16.7 Å². The lowest BCUT2D eigenvalue weighted by Crippen LogP contribution is -2.36. The smallest absolute Gasteiger partial charge is 0.276 e. The number of alkyl halides is 2. The van der Waals surface area contributed by atoms with Crippen molar-refractivity contribution in [3.8, 4) is 16.9 Å². The number of thiazole rings is 1. The second kappa shape index (κ2) is 9.51. The minimum absolute atomic E-state index is 0.0504. The zero-order valence-electron chi connectivity index (χ0n) is 19.3. The van der Waals surface area contributed by atoms with Crippen molar-refractivity contribution in [1.29, 1.82) is 0 Å². The highest BCUT2D eigenvalue weighted by Crippen LogP contribution is 2.37. The summed E-state index contributed by atoms with van der Waals surface area (Å²) >= 11 is 1.53. The molecule has 0 saturated heterocycles. The number of aromatic nitrogens is 5. The standard InChI is InChI=1S/C24H23F2N7OS/c1-32(2)11-20(23(25)26)34-19-7-14(15-9-30-33(3)10-15)6-18-22(19)24(28-12-27-18)31-16-4-5-17-21(8-16)35-13-29-17/h4-10,12-13,20,23H,11H2,1-3H3,(H,27,28,31)/t20-/m1/s1. The number of hydrogen-bond donors (Lipinski definition) is 1. The quantitative estimate of drug-likeness (QED) is 0.326. The van der Waals surface area contributed by atoms with Gasteiger partial charge in [-0.15, -0.1) is 11.3 Å². The number of anilines is 2. The fourth-order valence-corrected chi connectivity index (χ4v) is 4.56. The molecule has 180 valence electrons. The van der Waals surface area contributed by atoms with Gasteiger partial charge in [-0.25, -0.2) is 23.7 Å². The Morgan fingerprint density at radius 2 is 1.94 bits per heavy atom. The van der Waals surface area contributed by atoms with Crippen LogP contribution in [0.5, 0.6) is 5.75 Å². The highest BCUT2D eigenvalue weighted by Gasteiger charge is 2.25. The SMILES string of the molecule is CN(C)C[C@@H](Oc1cc(-c2cnn(C)c2)cc2ncnc(Nc3ccc4ncsc4c3)c12)C(F)F. The van der Waals surface area contributed by atoms with Gasteiger partial charge in [-0.05, 0) is 50.0 Å². The topological polar surface area (TPSA) is 81.0 Å². The van der Waals surface area contributed by atoms with Crippen molar-refractivity contribution in [3.63, 3.8) is 0 Å². The van der Waals surface area contributed by atoms with Crippen LogP contribution in [0.25, 0.3) is 32.2 Å². The molecule has 0 spiro atoms. The monoisotopic (exact) mass is 495 g/mol. The van der Waals surface area contributed by atoms with Gasteiger partial charge in [0.2, 0.25) is 0 Å². The van der Waals surface area contributed by atoms with Gasteiger partial charge in [0.15, 0.2) is 6.10 Å². The van der Waals surface area contributed by atoms with E-state index in [0.717, 1.165) is 27.0 Å². The number of likely N-dealkylation sites (N-methyl/N-ethyl adjacent to an activating group) is 1. The van der Waals surface area contributed by atoms with E-state index in [-0.39, 0.29) is 12.3 Å². The summed E-state index contributed by atoms with van der Waals surface area (Å²) in [7, 11) is 5.28. The van der Waals surface area contributed by atoms with Gasteiger partial charge in [0.05, 0.1) is 32.8 Å². The van der Waals surface area contributed by atoms with Crippen molar-refractivity contribution in [2.24, 2.45) is 7.05 Å². The Morgan fingerprint density at radius 1 is 1.09 bits per heavy atom. The lowest BCUT2D eigenvalue weighted by Gasteiger charge is -2.23. The summed E-state index contributed by atoms with van der Waals surface area (Å²) < 4.78 is 36.5. The van der Waals surface area contributed by atoms with Crippen LogP contribution in [0.3, 0.4) is 0 Å². The third-order valence-corrected chi connectivity index (χ3v) is 6.23. The minimum atomic E-state index is -2.68. The summed E-state index contributed by atoms with van der Waals surface area (Å²) in [5.41, 5.74) is 5.63. The van der Waals surface area contributed by atoms with Crippen LogP contribution < -0.4 is 10.1 Å². The second-order valence-corrected chi connectivity index (χ2v) is 9.29. The molecule has 35 heavy (non-hydrogen) atoms. The number of nitrogens with zero attached hydrogens (tertiary/aromatic N) is 6. The number of benzene rings is 2. The van der Waals surface area contributed by atoms with Gasteiger partial charge in [-0.2, -0.15) is 5.10 Å². The summed E-state index contributed by atoms with van der Waals surface area (Å²) in [4.78, 5) is 14.8. The van der Waals surface area contributed by atoms with Crippen LogP contribution in [-0.4, -0.2) is 62.8 Å². The molecule has 0 aliphatic carbocycles. The van der Waals surface area contributed by atoms with E-state index in [1.807, 2.05) is 37.5 Å². The maximum absolute atomic E-state index is 13.9. The van der Waals surface area contributed by atoms with Gasteiger partial charge in [-0.3, -0.25) is 4.68 Å². The molecule has 0 aliphatic rings. The lowest BCUT2D eigenvalue weighted by atomic mass is 10.1. The molecular weight excluding hydrogens is 472 g/mol. The van der Waals surface area contributed by atoms with Gasteiger partial charge in [0, 0.05) is 31.0 Å². The molecule has 0 aliphatic heterocycles. The van der Waals surface area contributed by atoms with Crippen LogP contribution in [-0.2, 0) is 7.05 Å². The van der Waals surface area contributed by atoms with Crippen LogP contribution in [0.4, 0.5) is 20.3 Å².